The van der Waals surface area contributed by atoms with Crippen LogP contribution in [0, 0.1) is 6.92 Å². The van der Waals surface area contributed by atoms with E-state index in [1.807, 2.05) is 13.0 Å². The number of carbonyl (C=O) groups excluding carboxylic acids is 2. The molecule has 5 nitrogen and oxygen atoms in total. The summed E-state index contributed by atoms with van der Waals surface area (Å²) in [5.41, 5.74) is 2.18. The van der Waals surface area contributed by atoms with Crippen LogP contribution < -0.4 is 15.4 Å². The second-order valence-corrected chi connectivity index (χ2v) is 8.88. The monoisotopic (exact) mass is 496 g/mol. The molecular weight excluding hydrogens is 484 g/mol. The van der Waals surface area contributed by atoms with Gasteiger partial charge in [-0.3, -0.25) is 9.59 Å². The van der Waals surface area contributed by atoms with Crippen LogP contribution >= 0.6 is 51.5 Å². The van der Waals surface area contributed by atoms with E-state index < -0.39 is 0 Å². The quantitative estimate of drug-likeness (QED) is 0.453. The number of rotatable bonds is 5. The van der Waals surface area contributed by atoms with Gasteiger partial charge in [0.2, 0.25) is 0 Å². The van der Waals surface area contributed by atoms with Gasteiger partial charge in [0, 0.05) is 20.7 Å². The molecule has 0 bridgehead atoms. The van der Waals surface area contributed by atoms with Crippen molar-refractivity contribution < 1.29 is 14.3 Å². The van der Waals surface area contributed by atoms with Gasteiger partial charge in [-0.05, 0) is 48.9 Å². The molecule has 2 aromatic rings. The first-order valence-electron chi connectivity index (χ1n) is 8.05. The van der Waals surface area contributed by atoms with Gasteiger partial charge >= 0.3 is 0 Å². The Hall–Kier alpha value is -1.87. The highest BCUT2D eigenvalue weighted by atomic mass is 79.9. The van der Waals surface area contributed by atoms with E-state index in [0.29, 0.717) is 31.2 Å². The lowest BCUT2D eigenvalue weighted by molar-refractivity contribution is -0.118. The minimum Gasteiger partial charge on any atom is -0.483 e. The Morgan fingerprint density at radius 2 is 2.14 bits per heavy atom. The lowest BCUT2D eigenvalue weighted by atomic mass is 10.2. The average molecular weight is 498 g/mol. The van der Waals surface area contributed by atoms with Gasteiger partial charge in [-0.1, -0.05) is 57.6 Å². The van der Waals surface area contributed by atoms with E-state index in [1.165, 1.54) is 11.8 Å². The molecule has 0 aliphatic carbocycles. The maximum atomic E-state index is 12.2. The molecule has 2 N–H and O–H groups in total. The Morgan fingerprint density at radius 1 is 1.36 bits per heavy atom. The Labute approximate surface area is 185 Å². The summed E-state index contributed by atoms with van der Waals surface area (Å²) in [6.45, 7) is 1.69. The lowest BCUT2D eigenvalue weighted by Crippen LogP contribution is -2.20. The normalized spacial score (nSPS) is 14.9. The van der Waals surface area contributed by atoms with Crippen molar-refractivity contribution in [2.45, 2.75) is 6.92 Å². The van der Waals surface area contributed by atoms with Crippen molar-refractivity contribution in [1.82, 2.24) is 5.32 Å². The molecule has 0 radical (unpaired) electrons. The molecule has 1 fully saturated rings. The van der Waals surface area contributed by atoms with Crippen molar-refractivity contribution in [1.29, 1.82) is 0 Å². The highest BCUT2D eigenvalue weighted by Gasteiger charge is 2.22. The van der Waals surface area contributed by atoms with E-state index >= 15 is 0 Å². The largest absolute Gasteiger partial charge is 0.483 e. The third-order valence-corrected chi connectivity index (χ3v) is 5.78. The van der Waals surface area contributed by atoms with Crippen molar-refractivity contribution in [2.24, 2.45) is 0 Å². The van der Waals surface area contributed by atoms with Gasteiger partial charge in [-0.15, -0.1) is 0 Å². The smallest absolute Gasteiger partial charge is 0.263 e. The molecule has 0 spiro atoms. The predicted molar refractivity (Wildman–Crippen MR) is 121 cm³/mol. The molecule has 3 rings (SSSR count). The third-order valence-electron chi connectivity index (χ3n) is 3.71. The molecule has 1 aliphatic heterocycles. The van der Waals surface area contributed by atoms with Crippen molar-refractivity contribution in [2.75, 3.05) is 11.9 Å². The predicted octanol–water partition coefficient (Wildman–Crippen LogP) is 4.92. The number of amides is 2. The van der Waals surface area contributed by atoms with Crippen LogP contribution in [-0.2, 0) is 9.59 Å². The molecule has 2 amide bonds. The molecule has 144 valence electrons. The second-order valence-electron chi connectivity index (χ2n) is 5.84. The third kappa shape index (κ3) is 5.35. The second kappa shape index (κ2) is 9.09. The number of benzene rings is 2. The van der Waals surface area contributed by atoms with Crippen molar-refractivity contribution >= 4 is 79.4 Å². The molecule has 9 heteroatoms. The first-order valence-corrected chi connectivity index (χ1v) is 10.4. The number of hydrogen-bond acceptors (Lipinski definition) is 5. The summed E-state index contributed by atoms with van der Waals surface area (Å²) in [4.78, 5) is 24.6. The van der Waals surface area contributed by atoms with Gasteiger partial charge in [0.05, 0.1) is 4.91 Å². The zero-order chi connectivity index (χ0) is 20.3. The SMILES string of the molecule is Cc1ccc(NC(=O)COc2ccc(Br)cc2/C=C2\SC(=S)NC2=O)cc1Cl. The van der Waals surface area contributed by atoms with Gasteiger partial charge in [-0.2, -0.15) is 0 Å². The maximum Gasteiger partial charge on any atom is 0.263 e. The van der Waals surface area contributed by atoms with Crippen LogP contribution in [-0.4, -0.2) is 22.7 Å². The topological polar surface area (TPSA) is 67.4 Å². The van der Waals surface area contributed by atoms with E-state index in [1.54, 1.807) is 36.4 Å². The summed E-state index contributed by atoms with van der Waals surface area (Å²) in [5.74, 6) is -0.107. The summed E-state index contributed by atoms with van der Waals surface area (Å²) in [7, 11) is 0. The van der Waals surface area contributed by atoms with E-state index in [4.69, 9.17) is 28.6 Å². The molecule has 1 aliphatic rings. The molecule has 2 aromatic carbocycles. The first-order chi connectivity index (χ1) is 13.3. The molecule has 0 aromatic heterocycles. The van der Waals surface area contributed by atoms with Crippen LogP contribution in [0.3, 0.4) is 0 Å². The van der Waals surface area contributed by atoms with Gasteiger partial charge in [0.25, 0.3) is 11.8 Å². The zero-order valence-electron chi connectivity index (χ0n) is 14.5. The standard InChI is InChI=1S/C19H14BrClN2O3S2/c1-10-2-4-13(8-14(10)21)22-17(24)9-26-15-5-3-12(20)6-11(15)7-16-18(25)23-19(27)28-16/h2-8H,9H2,1H3,(H,22,24)(H,23,25,27)/b16-7-. The average Bonchev–Trinajstić information content (AvgIpc) is 2.94. The van der Waals surface area contributed by atoms with Crippen molar-refractivity contribution in [3.05, 3.63) is 61.9 Å². The van der Waals surface area contributed by atoms with Crippen molar-refractivity contribution in [3.63, 3.8) is 0 Å². The Morgan fingerprint density at radius 3 is 2.82 bits per heavy atom. The van der Waals surface area contributed by atoms with Crippen LogP contribution in [0.1, 0.15) is 11.1 Å². The van der Waals surface area contributed by atoms with Gasteiger partial charge < -0.3 is 15.4 Å². The highest BCUT2D eigenvalue weighted by molar-refractivity contribution is 9.10. The molecular formula is C19H14BrClN2O3S2. The van der Waals surface area contributed by atoms with Gasteiger partial charge in [0.1, 0.15) is 10.1 Å². The fourth-order valence-corrected chi connectivity index (χ4v) is 3.93. The van der Waals surface area contributed by atoms with E-state index in [0.717, 1.165) is 10.0 Å². The number of aryl methyl sites for hydroxylation is 1. The molecule has 0 saturated carbocycles. The fourth-order valence-electron chi connectivity index (χ4n) is 2.34. The van der Waals surface area contributed by atoms with Gasteiger partial charge in [0.15, 0.2) is 6.61 Å². The van der Waals surface area contributed by atoms with E-state index in [9.17, 15) is 9.59 Å². The minimum absolute atomic E-state index is 0.193. The van der Waals surface area contributed by atoms with E-state index in [2.05, 4.69) is 26.6 Å². The number of ether oxygens (including phenoxy) is 1. The van der Waals surface area contributed by atoms with Crippen molar-refractivity contribution in [3.8, 4) is 5.75 Å². The molecule has 1 saturated heterocycles. The molecule has 0 atom stereocenters. The Kier molecular flexibility index (Phi) is 6.77. The molecule has 1 heterocycles. The molecule has 0 unspecified atom stereocenters. The number of anilines is 1. The number of halogens is 2. The Balaban J connectivity index is 1.71. The zero-order valence-corrected chi connectivity index (χ0v) is 18.5. The van der Waals surface area contributed by atoms with E-state index in [-0.39, 0.29) is 18.4 Å². The number of thiocarbonyl (C=S) groups is 1. The first kappa shape index (κ1) is 20.9. The summed E-state index contributed by atoms with van der Waals surface area (Å²) < 4.78 is 6.89. The number of thioether (sulfide) groups is 1. The number of carbonyl (C=O) groups is 2. The fraction of sp³-hybridized carbons (Fsp3) is 0.105. The summed E-state index contributed by atoms with van der Waals surface area (Å²) >= 11 is 15.7. The minimum atomic E-state index is -0.324. The summed E-state index contributed by atoms with van der Waals surface area (Å²) in [5, 5.41) is 5.88. The maximum absolute atomic E-state index is 12.2. The number of nitrogens with one attached hydrogen (secondary N) is 2. The van der Waals surface area contributed by atoms with Crippen LogP contribution in [0.15, 0.2) is 45.8 Å². The highest BCUT2D eigenvalue weighted by Crippen LogP contribution is 2.31. The van der Waals surface area contributed by atoms with Crippen LogP contribution in [0.25, 0.3) is 6.08 Å². The lowest BCUT2D eigenvalue weighted by Gasteiger charge is -2.11. The summed E-state index contributed by atoms with van der Waals surface area (Å²) in [6, 6.07) is 10.6. The summed E-state index contributed by atoms with van der Waals surface area (Å²) in [6.07, 6.45) is 1.68. The van der Waals surface area contributed by atoms with Crippen LogP contribution in [0.2, 0.25) is 5.02 Å². The molecule has 28 heavy (non-hydrogen) atoms. The number of hydrogen-bond donors (Lipinski definition) is 2. The Bertz CT molecular complexity index is 1010. The van der Waals surface area contributed by atoms with Crippen LogP contribution in [0.5, 0.6) is 5.75 Å². The van der Waals surface area contributed by atoms with Crippen LogP contribution in [0.4, 0.5) is 5.69 Å². The van der Waals surface area contributed by atoms with Gasteiger partial charge in [-0.25, -0.2) is 0 Å².